The lowest BCUT2D eigenvalue weighted by Crippen LogP contribution is -2.19. The summed E-state index contributed by atoms with van der Waals surface area (Å²) in [5.41, 5.74) is 3.83. The summed E-state index contributed by atoms with van der Waals surface area (Å²) in [5, 5.41) is 2.86. The van der Waals surface area contributed by atoms with Crippen molar-refractivity contribution >= 4 is 21.6 Å². The van der Waals surface area contributed by atoms with E-state index in [1.54, 1.807) is 0 Å². The molecule has 2 aromatic rings. The maximum atomic E-state index is 12.3. The highest BCUT2D eigenvalue weighted by molar-refractivity contribution is 7.89. The third kappa shape index (κ3) is 3.28. The van der Waals surface area contributed by atoms with Gasteiger partial charge < -0.3 is 5.32 Å². The Morgan fingerprint density at radius 2 is 1.70 bits per heavy atom. The molecular weight excluding hydrogens is 312 g/mol. The zero-order valence-corrected chi connectivity index (χ0v) is 13.6. The van der Waals surface area contributed by atoms with Crippen molar-refractivity contribution in [3.05, 3.63) is 59.2 Å². The predicted octanol–water partition coefficient (Wildman–Crippen LogP) is 2.34. The van der Waals surface area contributed by atoms with E-state index in [-0.39, 0.29) is 10.8 Å². The molecule has 1 amide bonds. The zero-order chi connectivity index (χ0) is 16.4. The first kappa shape index (κ1) is 15.7. The van der Waals surface area contributed by atoms with Crippen molar-refractivity contribution in [2.24, 2.45) is 0 Å². The predicted molar refractivity (Wildman–Crippen MR) is 89.1 cm³/mol. The van der Waals surface area contributed by atoms with Crippen molar-refractivity contribution in [2.45, 2.75) is 24.2 Å². The van der Waals surface area contributed by atoms with Crippen LogP contribution in [0.5, 0.6) is 0 Å². The van der Waals surface area contributed by atoms with Crippen LogP contribution in [-0.2, 0) is 22.9 Å². The number of benzene rings is 2. The SMILES string of the molecule is CNS(=O)(=O)c1ccc(C(=O)Nc2ccc3c(c2)CCC3)cc1. The lowest BCUT2D eigenvalue weighted by molar-refractivity contribution is 0.102. The fourth-order valence-electron chi connectivity index (χ4n) is 2.76. The van der Waals surface area contributed by atoms with Gasteiger partial charge in [0, 0.05) is 11.3 Å². The van der Waals surface area contributed by atoms with Crippen molar-refractivity contribution < 1.29 is 13.2 Å². The summed E-state index contributed by atoms with van der Waals surface area (Å²) in [4.78, 5) is 12.4. The summed E-state index contributed by atoms with van der Waals surface area (Å²) in [6.07, 6.45) is 3.31. The van der Waals surface area contributed by atoms with Gasteiger partial charge in [0.05, 0.1) is 4.90 Å². The Bertz CT molecular complexity index is 843. The molecule has 6 heteroatoms. The number of anilines is 1. The number of carbonyl (C=O) groups excluding carboxylic acids is 1. The summed E-state index contributed by atoms with van der Waals surface area (Å²) < 4.78 is 25.6. The first-order valence-corrected chi connectivity index (χ1v) is 8.95. The molecule has 0 aliphatic heterocycles. The summed E-state index contributed by atoms with van der Waals surface area (Å²) >= 11 is 0. The quantitative estimate of drug-likeness (QED) is 0.903. The molecule has 0 atom stereocenters. The van der Waals surface area contributed by atoms with E-state index < -0.39 is 10.0 Å². The molecule has 0 saturated heterocycles. The minimum absolute atomic E-state index is 0.133. The highest BCUT2D eigenvalue weighted by Crippen LogP contribution is 2.25. The monoisotopic (exact) mass is 330 g/mol. The molecule has 0 heterocycles. The van der Waals surface area contributed by atoms with Crippen LogP contribution in [0.15, 0.2) is 47.4 Å². The number of aryl methyl sites for hydroxylation is 2. The molecule has 1 aliphatic rings. The summed E-state index contributed by atoms with van der Waals surface area (Å²) in [7, 11) is -2.14. The van der Waals surface area contributed by atoms with Gasteiger partial charge in [0.15, 0.2) is 0 Å². The van der Waals surface area contributed by atoms with Gasteiger partial charge in [-0.05, 0) is 73.8 Å². The molecule has 3 rings (SSSR count). The Morgan fingerprint density at radius 1 is 1.00 bits per heavy atom. The second kappa shape index (κ2) is 6.14. The molecule has 0 fully saturated rings. The highest BCUT2D eigenvalue weighted by atomic mass is 32.2. The minimum atomic E-state index is -3.49. The summed E-state index contributed by atoms with van der Waals surface area (Å²) in [6, 6.07) is 11.8. The van der Waals surface area contributed by atoms with Gasteiger partial charge in [-0.3, -0.25) is 4.79 Å². The molecule has 2 N–H and O–H groups in total. The zero-order valence-electron chi connectivity index (χ0n) is 12.8. The van der Waals surface area contributed by atoms with Crippen LogP contribution in [0.2, 0.25) is 0 Å². The van der Waals surface area contributed by atoms with E-state index in [1.807, 2.05) is 12.1 Å². The molecular formula is C17H18N2O3S. The number of rotatable bonds is 4. The van der Waals surface area contributed by atoms with Crippen LogP contribution in [-0.4, -0.2) is 21.4 Å². The van der Waals surface area contributed by atoms with Crippen LogP contribution in [0.4, 0.5) is 5.69 Å². The lowest BCUT2D eigenvalue weighted by Gasteiger charge is -2.08. The van der Waals surface area contributed by atoms with Gasteiger partial charge in [0.1, 0.15) is 0 Å². The number of sulfonamides is 1. The van der Waals surface area contributed by atoms with Crippen LogP contribution in [0.25, 0.3) is 0 Å². The van der Waals surface area contributed by atoms with Crippen molar-refractivity contribution in [3.8, 4) is 0 Å². The van der Waals surface area contributed by atoms with E-state index in [2.05, 4.69) is 16.1 Å². The smallest absolute Gasteiger partial charge is 0.255 e. The summed E-state index contributed by atoms with van der Waals surface area (Å²) in [6.45, 7) is 0. The van der Waals surface area contributed by atoms with Crippen molar-refractivity contribution in [1.82, 2.24) is 4.72 Å². The Balaban J connectivity index is 1.76. The maximum absolute atomic E-state index is 12.3. The topological polar surface area (TPSA) is 75.3 Å². The molecule has 0 saturated carbocycles. The normalized spacial score (nSPS) is 13.6. The van der Waals surface area contributed by atoms with Crippen molar-refractivity contribution in [2.75, 3.05) is 12.4 Å². The third-order valence-electron chi connectivity index (χ3n) is 4.05. The van der Waals surface area contributed by atoms with Gasteiger partial charge in [0.25, 0.3) is 5.91 Å². The van der Waals surface area contributed by atoms with Gasteiger partial charge in [-0.15, -0.1) is 0 Å². The average Bonchev–Trinajstić information content (AvgIpc) is 3.02. The van der Waals surface area contributed by atoms with Gasteiger partial charge >= 0.3 is 0 Å². The van der Waals surface area contributed by atoms with E-state index in [1.165, 1.54) is 42.4 Å². The number of nitrogens with one attached hydrogen (secondary N) is 2. The first-order valence-electron chi connectivity index (χ1n) is 7.46. The third-order valence-corrected chi connectivity index (χ3v) is 5.48. The fourth-order valence-corrected chi connectivity index (χ4v) is 3.49. The number of hydrogen-bond donors (Lipinski definition) is 2. The number of hydrogen-bond acceptors (Lipinski definition) is 3. The van der Waals surface area contributed by atoms with E-state index in [0.29, 0.717) is 5.56 Å². The van der Waals surface area contributed by atoms with Crippen LogP contribution >= 0.6 is 0 Å². The average molecular weight is 330 g/mol. The van der Waals surface area contributed by atoms with Gasteiger partial charge in [-0.25, -0.2) is 13.1 Å². The number of fused-ring (bicyclic) bond motifs is 1. The molecule has 5 nitrogen and oxygen atoms in total. The van der Waals surface area contributed by atoms with Crippen LogP contribution in [0.3, 0.4) is 0 Å². The Hall–Kier alpha value is -2.18. The molecule has 0 unspecified atom stereocenters. The van der Waals surface area contributed by atoms with Gasteiger partial charge in [-0.2, -0.15) is 0 Å². The first-order chi connectivity index (χ1) is 11.0. The molecule has 0 radical (unpaired) electrons. The number of amides is 1. The van der Waals surface area contributed by atoms with E-state index in [4.69, 9.17) is 0 Å². The molecule has 0 spiro atoms. The van der Waals surface area contributed by atoms with Crippen molar-refractivity contribution in [3.63, 3.8) is 0 Å². The van der Waals surface area contributed by atoms with Crippen LogP contribution in [0.1, 0.15) is 27.9 Å². The molecule has 2 aromatic carbocycles. The van der Waals surface area contributed by atoms with Crippen LogP contribution in [0, 0.1) is 0 Å². The van der Waals surface area contributed by atoms with Crippen molar-refractivity contribution in [1.29, 1.82) is 0 Å². The molecule has 0 bridgehead atoms. The lowest BCUT2D eigenvalue weighted by atomic mass is 10.1. The standard InChI is InChI=1S/C17H18N2O3S/c1-18-23(21,22)16-9-6-13(7-10-16)17(20)19-15-8-5-12-3-2-4-14(12)11-15/h5-11,18H,2-4H2,1H3,(H,19,20). The molecule has 1 aliphatic carbocycles. The Labute approximate surface area is 135 Å². The largest absolute Gasteiger partial charge is 0.322 e. The van der Waals surface area contributed by atoms with E-state index in [0.717, 1.165) is 24.9 Å². The second-order valence-electron chi connectivity index (χ2n) is 5.52. The Morgan fingerprint density at radius 3 is 2.39 bits per heavy atom. The maximum Gasteiger partial charge on any atom is 0.255 e. The highest BCUT2D eigenvalue weighted by Gasteiger charge is 2.14. The Kier molecular flexibility index (Phi) is 4.19. The van der Waals surface area contributed by atoms with Gasteiger partial charge in [-0.1, -0.05) is 6.07 Å². The second-order valence-corrected chi connectivity index (χ2v) is 7.41. The molecule has 120 valence electrons. The van der Waals surface area contributed by atoms with Gasteiger partial charge in [0.2, 0.25) is 10.0 Å². The molecule has 0 aromatic heterocycles. The van der Waals surface area contributed by atoms with E-state index >= 15 is 0 Å². The number of carbonyl (C=O) groups is 1. The van der Waals surface area contributed by atoms with E-state index in [9.17, 15) is 13.2 Å². The fraction of sp³-hybridized carbons (Fsp3) is 0.235. The van der Waals surface area contributed by atoms with Crippen LogP contribution < -0.4 is 10.0 Å². The molecule has 23 heavy (non-hydrogen) atoms. The minimum Gasteiger partial charge on any atom is -0.322 e. The summed E-state index contributed by atoms with van der Waals surface area (Å²) in [5.74, 6) is -0.253.